The van der Waals surface area contributed by atoms with E-state index in [0.717, 1.165) is 79.8 Å². The summed E-state index contributed by atoms with van der Waals surface area (Å²) < 4.78 is 59.6. The van der Waals surface area contributed by atoms with Crippen molar-refractivity contribution in [3.63, 3.8) is 0 Å². The van der Waals surface area contributed by atoms with Crippen LogP contribution in [0.15, 0.2) is 36.4 Å². The number of fused-ring (bicyclic) bond motifs is 1. The third-order valence-electron chi connectivity index (χ3n) is 8.08. The van der Waals surface area contributed by atoms with Gasteiger partial charge in [-0.2, -0.15) is 0 Å². The van der Waals surface area contributed by atoms with Gasteiger partial charge >= 0.3 is 53.7 Å². The topological polar surface area (TPSA) is 284 Å². The average Bonchev–Trinajstić information content (AvgIpc) is 3.16. The van der Waals surface area contributed by atoms with Gasteiger partial charge in [-0.05, 0) is 31.2 Å². The van der Waals surface area contributed by atoms with E-state index in [1.54, 1.807) is 0 Å². The number of esters is 9. The van der Waals surface area contributed by atoms with Gasteiger partial charge in [0, 0.05) is 78.1 Å². The molecule has 1 aliphatic heterocycles. The lowest BCUT2D eigenvalue weighted by atomic mass is 9.93. The Labute approximate surface area is 363 Å². The molecule has 22 nitrogen and oxygen atoms in total. The first-order valence-corrected chi connectivity index (χ1v) is 18.7. The number of methoxy groups -OCH3 is 1. The van der Waals surface area contributed by atoms with E-state index in [4.69, 9.17) is 47.4 Å². The number of ether oxygens (including phenoxy) is 11. The summed E-state index contributed by atoms with van der Waals surface area (Å²) in [5, 5.41) is 2.32. The van der Waals surface area contributed by atoms with E-state index < -0.39 is 125 Å². The van der Waals surface area contributed by atoms with E-state index in [2.05, 4.69) is 10.1 Å². The van der Waals surface area contributed by atoms with Gasteiger partial charge in [0.15, 0.2) is 35.7 Å². The van der Waals surface area contributed by atoms with Crippen LogP contribution in [0.25, 0.3) is 0 Å². The van der Waals surface area contributed by atoms with Crippen LogP contribution < -0.4 is 47.9 Å². The van der Waals surface area contributed by atoms with E-state index in [-0.39, 0.29) is 34.8 Å². The highest BCUT2D eigenvalue weighted by molar-refractivity contribution is 5.92. The fourth-order valence-electron chi connectivity index (χ4n) is 5.91. The largest absolute Gasteiger partial charge is 0.481 e. The molecule has 3 atom stereocenters. The van der Waals surface area contributed by atoms with Crippen LogP contribution in [0, 0.1) is 0 Å². The summed E-state index contributed by atoms with van der Waals surface area (Å²) >= 11 is 0. The van der Waals surface area contributed by atoms with E-state index in [1.807, 2.05) is 0 Å². The van der Waals surface area contributed by atoms with Gasteiger partial charge in [-0.1, -0.05) is 0 Å². The lowest BCUT2D eigenvalue weighted by molar-refractivity contribution is -0.144. The Morgan fingerprint density at radius 2 is 1.08 bits per heavy atom. The van der Waals surface area contributed by atoms with Crippen LogP contribution in [0.5, 0.6) is 51.7 Å². The molecule has 0 unspecified atom stereocenters. The highest BCUT2D eigenvalue weighted by Crippen LogP contribution is 2.48. The van der Waals surface area contributed by atoms with Crippen molar-refractivity contribution >= 4 is 59.6 Å². The first-order chi connectivity index (χ1) is 30.0. The molecule has 0 aliphatic carbocycles. The van der Waals surface area contributed by atoms with Crippen molar-refractivity contribution in [3.8, 4) is 51.7 Å². The highest BCUT2D eigenvalue weighted by atomic mass is 16.6. The number of benzene rings is 3. The Balaban J connectivity index is 1.91. The number of carbonyl (C=O) groups is 10. The maximum absolute atomic E-state index is 14.3. The van der Waals surface area contributed by atoms with Gasteiger partial charge in [0.05, 0.1) is 12.7 Å². The summed E-state index contributed by atoms with van der Waals surface area (Å²) in [6.07, 6.45) is -3.33. The second-order valence-electron chi connectivity index (χ2n) is 13.5. The van der Waals surface area contributed by atoms with Crippen LogP contribution in [-0.2, 0) is 59.0 Å². The highest BCUT2D eigenvalue weighted by Gasteiger charge is 2.39. The molecular weight excluding hydrogens is 854 g/mol. The number of hydrogen-bond donors (Lipinski definition) is 1. The van der Waals surface area contributed by atoms with Gasteiger partial charge in [0.25, 0.3) is 5.91 Å². The molecular formula is C42H41NO21. The molecule has 1 N–H and O–H groups in total. The lowest BCUT2D eigenvalue weighted by Crippen LogP contribution is -2.41. The Hall–Kier alpha value is -8.04. The van der Waals surface area contributed by atoms with Crippen molar-refractivity contribution in [1.82, 2.24) is 5.32 Å². The lowest BCUT2D eigenvalue weighted by Gasteiger charge is -2.34. The molecule has 0 saturated carbocycles. The van der Waals surface area contributed by atoms with Crippen LogP contribution in [-0.4, -0.2) is 85.5 Å². The molecule has 4 rings (SSSR count). The summed E-state index contributed by atoms with van der Waals surface area (Å²) in [6, 6.07) is 5.66. The van der Waals surface area contributed by atoms with Crippen molar-refractivity contribution in [1.29, 1.82) is 0 Å². The monoisotopic (exact) mass is 895 g/mol. The van der Waals surface area contributed by atoms with Crippen molar-refractivity contribution in [3.05, 3.63) is 53.1 Å². The van der Waals surface area contributed by atoms with E-state index in [9.17, 15) is 47.9 Å². The molecule has 0 spiro atoms. The van der Waals surface area contributed by atoms with Crippen molar-refractivity contribution in [2.45, 2.75) is 80.1 Å². The Kier molecular flexibility index (Phi) is 16.1. The zero-order valence-electron chi connectivity index (χ0n) is 35.7. The Morgan fingerprint density at radius 1 is 0.609 bits per heavy atom. The predicted octanol–water partition coefficient (Wildman–Crippen LogP) is 3.12. The first kappa shape index (κ1) is 48.6. The van der Waals surface area contributed by atoms with Crippen LogP contribution in [0.4, 0.5) is 0 Å². The van der Waals surface area contributed by atoms with Crippen molar-refractivity contribution in [2.24, 2.45) is 0 Å². The molecule has 1 amide bonds. The smallest absolute Gasteiger partial charge is 0.338 e. The standard InChI is InChI=1S/C42H41NO21/c1-18(41(52)54-9)43-37(51)17-55-39-32(58-21(4)46)12-27(13-33(39)59-22(5)47)42(53)64-36-16-29-30(57-20(3)45)14-28(56-19(2)44)15-31(29)63-38(36)26-10-34(60-23(6)48)40(62-25(8)50)35(11-26)61-24(7)49/h10-15,18,36,38H,16-17H2,1-9H3,(H,43,51)/t18-,36+,38+/m0/s1. The maximum Gasteiger partial charge on any atom is 0.338 e. The number of amides is 1. The number of hydrogen-bond acceptors (Lipinski definition) is 21. The molecule has 64 heavy (non-hydrogen) atoms. The normalized spacial score (nSPS) is 14.1. The number of nitrogens with one attached hydrogen (secondary N) is 1. The van der Waals surface area contributed by atoms with Gasteiger partial charge in [0.1, 0.15) is 29.4 Å². The summed E-state index contributed by atoms with van der Waals surface area (Å²) in [6.45, 7) is 7.83. The van der Waals surface area contributed by atoms with Gasteiger partial charge in [-0.15, -0.1) is 0 Å². The van der Waals surface area contributed by atoms with Gasteiger partial charge < -0.3 is 57.4 Å². The van der Waals surface area contributed by atoms with Crippen LogP contribution in [0.2, 0.25) is 0 Å². The minimum atomic E-state index is -1.49. The molecule has 3 aromatic carbocycles. The molecule has 0 aromatic heterocycles. The van der Waals surface area contributed by atoms with E-state index in [0.29, 0.717) is 0 Å². The second-order valence-corrected chi connectivity index (χ2v) is 13.5. The minimum Gasteiger partial charge on any atom is -0.481 e. The second kappa shape index (κ2) is 21.2. The van der Waals surface area contributed by atoms with Crippen LogP contribution >= 0.6 is 0 Å². The zero-order chi connectivity index (χ0) is 47.6. The van der Waals surface area contributed by atoms with Gasteiger partial charge in [-0.3, -0.25) is 38.4 Å². The van der Waals surface area contributed by atoms with Gasteiger partial charge in [0.2, 0.25) is 11.5 Å². The first-order valence-electron chi connectivity index (χ1n) is 18.7. The minimum absolute atomic E-state index is 0.0384. The summed E-state index contributed by atoms with van der Waals surface area (Å²) in [5.74, 6) is -12.2. The van der Waals surface area contributed by atoms with Crippen molar-refractivity contribution in [2.75, 3.05) is 13.7 Å². The van der Waals surface area contributed by atoms with Gasteiger partial charge in [-0.25, -0.2) is 9.59 Å². The Morgan fingerprint density at radius 3 is 1.55 bits per heavy atom. The third-order valence-corrected chi connectivity index (χ3v) is 8.08. The molecule has 1 aliphatic rings. The maximum atomic E-state index is 14.3. The van der Waals surface area contributed by atoms with Crippen molar-refractivity contribution < 1.29 is 100 Å². The zero-order valence-corrected chi connectivity index (χ0v) is 35.7. The molecule has 340 valence electrons. The molecule has 0 radical (unpaired) electrons. The molecule has 0 bridgehead atoms. The summed E-state index contributed by atoms with van der Waals surface area (Å²) in [7, 11) is 1.11. The van der Waals surface area contributed by atoms with Crippen LogP contribution in [0.1, 0.15) is 83.0 Å². The van der Waals surface area contributed by atoms with E-state index in [1.165, 1.54) is 19.1 Å². The average molecular weight is 896 g/mol. The quantitative estimate of drug-likeness (QED) is 0.169. The molecule has 0 saturated heterocycles. The SMILES string of the molecule is COC(=O)[C@H](C)NC(=O)COc1c(OC(C)=O)cc(C(=O)O[C@@H]2Cc3c(OC(C)=O)cc(OC(C)=O)cc3O[C@@H]2c2cc(OC(C)=O)c(OC(C)=O)c(OC(C)=O)c2)cc1OC(C)=O. The number of rotatable bonds is 15. The third kappa shape index (κ3) is 13.2. The fourth-order valence-corrected chi connectivity index (χ4v) is 5.91. The summed E-state index contributed by atoms with van der Waals surface area (Å²) in [5.41, 5.74) is -0.365. The van der Waals surface area contributed by atoms with Crippen LogP contribution in [0.3, 0.4) is 0 Å². The van der Waals surface area contributed by atoms with E-state index >= 15 is 0 Å². The molecule has 0 fully saturated rings. The Bertz CT molecular complexity index is 2340. The fraction of sp³-hybridized carbons (Fsp3) is 0.333. The molecule has 1 heterocycles. The molecule has 3 aromatic rings. The molecule has 22 heteroatoms. The predicted molar refractivity (Wildman–Crippen MR) is 210 cm³/mol. The summed E-state index contributed by atoms with van der Waals surface area (Å²) in [4.78, 5) is 124. The number of carbonyl (C=O) groups excluding carboxylic acids is 10.